The van der Waals surface area contributed by atoms with Gasteiger partial charge in [0.25, 0.3) is 0 Å². The van der Waals surface area contributed by atoms with Crippen molar-refractivity contribution in [3.05, 3.63) is 85.1 Å². The lowest BCUT2D eigenvalue weighted by atomic mass is 10.1. The van der Waals surface area contributed by atoms with Gasteiger partial charge in [0.1, 0.15) is 0 Å². The van der Waals surface area contributed by atoms with E-state index in [0.29, 0.717) is 0 Å². The van der Waals surface area contributed by atoms with Crippen LogP contribution in [0.15, 0.2) is 94.3 Å². The molecule has 1 aromatic heterocycles. The van der Waals surface area contributed by atoms with Crippen LogP contribution in [-0.4, -0.2) is 4.98 Å². The first-order valence-corrected chi connectivity index (χ1v) is 8.98. The molecule has 3 aromatic carbocycles. The fourth-order valence-electron chi connectivity index (χ4n) is 2.71. The van der Waals surface area contributed by atoms with Gasteiger partial charge in [-0.05, 0) is 29.3 Å². The molecular formula is C20H17N3S. The molecule has 0 saturated heterocycles. The molecule has 0 aliphatic carbocycles. The Labute approximate surface area is 143 Å². The molecule has 0 spiro atoms. The van der Waals surface area contributed by atoms with Crippen LogP contribution in [0.1, 0.15) is 0 Å². The van der Waals surface area contributed by atoms with E-state index in [1.807, 2.05) is 42.6 Å². The number of aromatic amines is 1. The number of benzene rings is 3. The normalized spacial score (nSPS) is 12.5. The van der Waals surface area contributed by atoms with Gasteiger partial charge in [0.05, 0.1) is 5.69 Å². The number of aromatic nitrogens is 1. The number of hydrogen-bond acceptors (Lipinski definition) is 1. The first-order valence-electron chi connectivity index (χ1n) is 7.73. The van der Waals surface area contributed by atoms with Gasteiger partial charge in [0.2, 0.25) is 0 Å². The molecule has 4 heteroatoms. The maximum Gasteiger partial charge on any atom is 0.0974 e. The highest BCUT2D eigenvalue weighted by molar-refractivity contribution is 7.85. The summed E-state index contributed by atoms with van der Waals surface area (Å²) in [5, 5.41) is 7.41. The van der Waals surface area contributed by atoms with Crippen LogP contribution in [0.4, 0.5) is 5.69 Å². The predicted molar refractivity (Wildman–Crippen MR) is 102 cm³/mol. The second-order valence-electron chi connectivity index (χ2n) is 5.52. The topological polar surface area (TPSA) is 54.2 Å². The van der Waals surface area contributed by atoms with Crippen molar-refractivity contribution in [3.8, 4) is 11.1 Å². The van der Waals surface area contributed by atoms with E-state index in [0.717, 1.165) is 21.5 Å². The van der Waals surface area contributed by atoms with Gasteiger partial charge in [-0.25, -0.2) is 4.36 Å². The predicted octanol–water partition coefficient (Wildman–Crippen LogP) is 5.20. The van der Waals surface area contributed by atoms with Crippen molar-refractivity contribution in [2.24, 2.45) is 9.50 Å². The van der Waals surface area contributed by atoms with E-state index in [-0.39, 0.29) is 0 Å². The Morgan fingerprint density at radius 3 is 2.21 bits per heavy atom. The highest BCUT2D eigenvalue weighted by atomic mass is 32.2. The van der Waals surface area contributed by atoms with E-state index in [1.54, 1.807) is 0 Å². The maximum atomic E-state index is 6.31. The standard InChI is InChI=1S/C20H17N3S/c21-24(23-20-14-22-19-9-5-4-8-18(19)20)17-12-10-16(11-13-17)15-6-2-1-3-7-15/h1-14,22H,(H2,21,23). The molecule has 0 bridgehead atoms. The second kappa shape index (κ2) is 6.43. The average Bonchev–Trinajstić information content (AvgIpc) is 3.06. The molecule has 1 unspecified atom stereocenters. The summed E-state index contributed by atoms with van der Waals surface area (Å²) in [4.78, 5) is 4.26. The van der Waals surface area contributed by atoms with Crippen molar-refractivity contribution in [1.82, 2.24) is 4.98 Å². The molecule has 0 radical (unpaired) electrons. The van der Waals surface area contributed by atoms with Crippen molar-refractivity contribution in [1.29, 1.82) is 0 Å². The van der Waals surface area contributed by atoms with Crippen molar-refractivity contribution >= 4 is 27.5 Å². The van der Waals surface area contributed by atoms with Gasteiger partial charge in [0, 0.05) is 32.9 Å². The van der Waals surface area contributed by atoms with Crippen molar-refractivity contribution < 1.29 is 0 Å². The van der Waals surface area contributed by atoms with Gasteiger partial charge in [-0.1, -0.05) is 60.7 Å². The number of para-hydroxylation sites is 1. The minimum atomic E-state index is -0.678. The van der Waals surface area contributed by atoms with Gasteiger partial charge < -0.3 is 4.98 Å². The van der Waals surface area contributed by atoms with Gasteiger partial charge in [-0.2, -0.15) is 0 Å². The molecule has 4 rings (SSSR count). The first kappa shape index (κ1) is 14.9. The summed E-state index contributed by atoms with van der Waals surface area (Å²) in [7, 11) is -0.678. The summed E-state index contributed by atoms with van der Waals surface area (Å²) in [6.07, 6.45) is 1.91. The smallest absolute Gasteiger partial charge is 0.0974 e. The van der Waals surface area contributed by atoms with Gasteiger partial charge >= 0.3 is 0 Å². The third kappa shape index (κ3) is 2.89. The van der Waals surface area contributed by atoms with Crippen LogP contribution >= 0.6 is 0 Å². The summed E-state index contributed by atoms with van der Waals surface area (Å²) < 4.78 is 4.69. The highest BCUT2D eigenvalue weighted by Crippen LogP contribution is 2.27. The Hall–Kier alpha value is -2.69. The van der Waals surface area contributed by atoms with Gasteiger partial charge in [-0.15, -0.1) is 0 Å². The SMILES string of the molecule is NS(=Nc1c[nH]c2ccccc12)c1ccc(-c2ccccc2)cc1. The fraction of sp³-hybridized carbons (Fsp3) is 0. The molecule has 1 atom stereocenters. The molecule has 3 nitrogen and oxygen atoms in total. The van der Waals surface area contributed by atoms with Crippen LogP contribution in [-0.2, 0) is 10.9 Å². The number of nitrogens with one attached hydrogen (secondary N) is 1. The summed E-state index contributed by atoms with van der Waals surface area (Å²) in [5.41, 5.74) is 4.37. The van der Waals surface area contributed by atoms with E-state index in [1.165, 1.54) is 11.1 Å². The Morgan fingerprint density at radius 2 is 1.42 bits per heavy atom. The Morgan fingerprint density at radius 1 is 0.750 bits per heavy atom. The van der Waals surface area contributed by atoms with Crippen molar-refractivity contribution in [2.75, 3.05) is 0 Å². The average molecular weight is 331 g/mol. The molecule has 24 heavy (non-hydrogen) atoms. The summed E-state index contributed by atoms with van der Waals surface area (Å²) >= 11 is 0. The molecule has 0 aliphatic rings. The molecule has 0 fully saturated rings. The van der Waals surface area contributed by atoms with Crippen LogP contribution in [0.5, 0.6) is 0 Å². The van der Waals surface area contributed by atoms with Crippen LogP contribution < -0.4 is 5.14 Å². The Kier molecular flexibility index (Phi) is 3.99. The zero-order valence-electron chi connectivity index (χ0n) is 13.0. The first-order chi connectivity index (χ1) is 11.8. The number of nitrogens with two attached hydrogens (primary N) is 1. The number of rotatable bonds is 3. The van der Waals surface area contributed by atoms with E-state index < -0.39 is 10.9 Å². The van der Waals surface area contributed by atoms with Crippen LogP contribution in [0.25, 0.3) is 22.0 Å². The lowest BCUT2D eigenvalue weighted by Crippen LogP contribution is -2.02. The molecule has 0 aliphatic heterocycles. The molecule has 1 heterocycles. The van der Waals surface area contributed by atoms with Gasteiger partial charge in [0.15, 0.2) is 0 Å². The fourth-order valence-corrected chi connectivity index (χ4v) is 3.59. The van der Waals surface area contributed by atoms with E-state index in [2.05, 4.69) is 47.4 Å². The zero-order chi connectivity index (χ0) is 16.4. The van der Waals surface area contributed by atoms with Crippen molar-refractivity contribution in [3.63, 3.8) is 0 Å². The van der Waals surface area contributed by atoms with E-state index >= 15 is 0 Å². The highest BCUT2D eigenvalue weighted by Gasteiger charge is 2.04. The van der Waals surface area contributed by atoms with Crippen molar-refractivity contribution in [2.45, 2.75) is 4.90 Å². The van der Waals surface area contributed by atoms with E-state index in [4.69, 9.17) is 9.50 Å². The lowest BCUT2D eigenvalue weighted by molar-refractivity contribution is 1.42. The third-order valence-electron chi connectivity index (χ3n) is 3.97. The molecular weight excluding hydrogens is 314 g/mol. The molecule has 118 valence electrons. The molecule has 4 aromatic rings. The number of hydrogen-bond donors (Lipinski definition) is 2. The molecule has 0 saturated carbocycles. The van der Waals surface area contributed by atoms with Gasteiger partial charge in [-0.3, -0.25) is 5.14 Å². The Balaban J connectivity index is 1.66. The number of H-pyrrole nitrogens is 1. The molecule has 0 amide bonds. The quantitative estimate of drug-likeness (QED) is 0.532. The lowest BCUT2D eigenvalue weighted by Gasteiger charge is -2.05. The Bertz CT molecular complexity index is 1000. The minimum absolute atomic E-state index is 0.678. The number of nitrogens with zero attached hydrogens (tertiary/aromatic N) is 1. The summed E-state index contributed by atoms with van der Waals surface area (Å²) in [6, 6.07) is 26.8. The maximum absolute atomic E-state index is 6.31. The minimum Gasteiger partial charge on any atom is -0.359 e. The van der Waals surface area contributed by atoms with Crippen LogP contribution in [0, 0.1) is 0 Å². The third-order valence-corrected chi connectivity index (χ3v) is 5.12. The van der Waals surface area contributed by atoms with Crippen LogP contribution in [0.3, 0.4) is 0 Å². The van der Waals surface area contributed by atoms with Crippen LogP contribution in [0.2, 0.25) is 0 Å². The molecule has 3 N–H and O–H groups in total. The monoisotopic (exact) mass is 331 g/mol. The summed E-state index contributed by atoms with van der Waals surface area (Å²) in [5.74, 6) is 0. The largest absolute Gasteiger partial charge is 0.359 e. The summed E-state index contributed by atoms with van der Waals surface area (Å²) in [6.45, 7) is 0. The number of fused-ring (bicyclic) bond motifs is 1. The second-order valence-corrected chi connectivity index (χ2v) is 6.80. The zero-order valence-corrected chi connectivity index (χ0v) is 13.8. The van der Waals surface area contributed by atoms with E-state index in [9.17, 15) is 0 Å².